The van der Waals surface area contributed by atoms with Crippen molar-refractivity contribution in [2.45, 2.75) is 32.7 Å². The SMILES string of the molecule is CC1CCN(CCOc2nc3c(c(N4CCN(C=CC=O)CC4)n2)CCN(c2cc(O)cc4ccccc24)C3)CC1. The zero-order valence-electron chi connectivity index (χ0n) is 23.9. The Morgan fingerprint density at radius 2 is 1.80 bits per heavy atom. The number of likely N-dealkylation sites (tertiary alicyclic amines) is 1. The van der Waals surface area contributed by atoms with E-state index >= 15 is 0 Å². The van der Waals surface area contributed by atoms with Gasteiger partial charge in [0.05, 0.1) is 12.2 Å². The summed E-state index contributed by atoms with van der Waals surface area (Å²) in [6.45, 7) is 10.8. The molecule has 0 spiro atoms. The number of benzene rings is 2. The highest BCUT2D eigenvalue weighted by Gasteiger charge is 2.28. The van der Waals surface area contributed by atoms with Crippen LogP contribution in [-0.4, -0.2) is 90.1 Å². The van der Waals surface area contributed by atoms with E-state index in [1.54, 1.807) is 6.08 Å². The summed E-state index contributed by atoms with van der Waals surface area (Å²) in [6.07, 6.45) is 7.54. The number of piperazine rings is 1. The van der Waals surface area contributed by atoms with Gasteiger partial charge in [-0.1, -0.05) is 31.2 Å². The van der Waals surface area contributed by atoms with Crippen LogP contribution in [0.15, 0.2) is 48.7 Å². The van der Waals surface area contributed by atoms with Crippen LogP contribution in [0.25, 0.3) is 10.8 Å². The average Bonchev–Trinajstić information content (AvgIpc) is 3.00. The molecule has 2 aromatic carbocycles. The Hall–Kier alpha value is -3.85. The Labute approximate surface area is 242 Å². The van der Waals surface area contributed by atoms with E-state index in [0.29, 0.717) is 19.2 Å². The lowest BCUT2D eigenvalue weighted by atomic mass is 9.99. The fourth-order valence-electron chi connectivity index (χ4n) is 6.25. The number of aromatic nitrogens is 2. The van der Waals surface area contributed by atoms with E-state index in [0.717, 1.165) is 99.0 Å². The molecule has 3 aromatic rings. The minimum Gasteiger partial charge on any atom is -0.508 e. The van der Waals surface area contributed by atoms with Gasteiger partial charge >= 0.3 is 6.01 Å². The third-order valence-corrected chi connectivity index (χ3v) is 8.69. The molecule has 0 atom stereocenters. The molecule has 0 aliphatic carbocycles. The molecule has 3 aliphatic heterocycles. The van der Waals surface area contributed by atoms with E-state index in [2.05, 4.69) is 32.6 Å². The second-order valence-corrected chi connectivity index (χ2v) is 11.5. The van der Waals surface area contributed by atoms with Gasteiger partial charge in [0.2, 0.25) is 0 Å². The molecule has 0 amide bonds. The molecule has 4 heterocycles. The van der Waals surface area contributed by atoms with Crippen molar-refractivity contribution < 1.29 is 14.6 Å². The number of carbonyl (C=O) groups excluding carboxylic acids is 1. The van der Waals surface area contributed by atoms with E-state index < -0.39 is 0 Å². The fourth-order valence-corrected chi connectivity index (χ4v) is 6.25. The molecular formula is C32H40N6O3. The number of aldehydes is 1. The van der Waals surface area contributed by atoms with Crippen molar-refractivity contribution in [2.24, 2.45) is 5.92 Å². The number of hydrogen-bond donors (Lipinski definition) is 1. The highest BCUT2D eigenvalue weighted by atomic mass is 16.5. The monoisotopic (exact) mass is 556 g/mol. The van der Waals surface area contributed by atoms with Gasteiger partial charge in [0, 0.05) is 68.2 Å². The highest BCUT2D eigenvalue weighted by molar-refractivity contribution is 5.95. The van der Waals surface area contributed by atoms with Gasteiger partial charge in [0.15, 0.2) is 0 Å². The molecule has 1 N–H and O–H groups in total. The number of aromatic hydroxyl groups is 1. The molecule has 9 nitrogen and oxygen atoms in total. The first-order valence-corrected chi connectivity index (χ1v) is 14.9. The van der Waals surface area contributed by atoms with Gasteiger partial charge in [0.25, 0.3) is 0 Å². The van der Waals surface area contributed by atoms with E-state index in [4.69, 9.17) is 14.7 Å². The average molecular weight is 557 g/mol. The fraction of sp³-hybridized carbons (Fsp3) is 0.469. The Bertz CT molecular complexity index is 1400. The third kappa shape index (κ3) is 6.25. The Morgan fingerprint density at radius 3 is 2.61 bits per heavy atom. The number of hydrogen-bond acceptors (Lipinski definition) is 9. The van der Waals surface area contributed by atoms with Gasteiger partial charge < -0.3 is 24.5 Å². The summed E-state index contributed by atoms with van der Waals surface area (Å²) < 4.78 is 6.23. The molecule has 2 fully saturated rings. The lowest BCUT2D eigenvalue weighted by Gasteiger charge is -2.38. The van der Waals surface area contributed by atoms with Crippen LogP contribution >= 0.6 is 0 Å². The number of allylic oxidation sites excluding steroid dienone is 1. The van der Waals surface area contributed by atoms with Crippen LogP contribution in [0.1, 0.15) is 31.0 Å². The zero-order chi connectivity index (χ0) is 28.2. The molecule has 0 saturated carbocycles. The standard InChI is InChI=1S/C32H40N6O3/c1-24-7-11-36(12-8-24)18-20-41-32-33-29-23-38(30-22-26(40)21-25-5-2-3-6-27(25)30)13-9-28(29)31(34-32)37-16-14-35(15-17-37)10-4-19-39/h2-6,10,19,21-22,24,40H,7-9,11-18,20,23H2,1H3. The predicted molar refractivity (Wildman–Crippen MR) is 162 cm³/mol. The number of piperidine rings is 1. The summed E-state index contributed by atoms with van der Waals surface area (Å²) in [5, 5.41) is 12.6. The number of phenolic OH excluding ortho intramolecular Hbond substituents is 1. The van der Waals surface area contributed by atoms with Crippen molar-refractivity contribution >= 4 is 28.6 Å². The van der Waals surface area contributed by atoms with E-state index in [9.17, 15) is 9.90 Å². The molecule has 0 radical (unpaired) electrons. The normalized spacial score (nSPS) is 18.7. The van der Waals surface area contributed by atoms with E-state index in [-0.39, 0.29) is 5.75 Å². The summed E-state index contributed by atoms with van der Waals surface area (Å²) >= 11 is 0. The summed E-state index contributed by atoms with van der Waals surface area (Å²) in [5.74, 6) is 2.04. The van der Waals surface area contributed by atoms with Crippen LogP contribution in [0.4, 0.5) is 11.5 Å². The topological polar surface area (TPSA) is 85.3 Å². The molecular weight excluding hydrogens is 516 g/mol. The van der Waals surface area contributed by atoms with Crippen molar-refractivity contribution in [1.82, 2.24) is 19.8 Å². The van der Waals surface area contributed by atoms with Gasteiger partial charge in [-0.3, -0.25) is 9.69 Å². The van der Waals surface area contributed by atoms with Crippen LogP contribution in [-0.2, 0) is 17.8 Å². The first kappa shape index (κ1) is 27.3. The van der Waals surface area contributed by atoms with Crippen LogP contribution in [0.2, 0.25) is 0 Å². The van der Waals surface area contributed by atoms with Crippen molar-refractivity contribution in [1.29, 1.82) is 0 Å². The van der Waals surface area contributed by atoms with Crippen LogP contribution in [0.5, 0.6) is 11.8 Å². The molecule has 9 heteroatoms. The third-order valence-electron chi connectivity index (χ3n) is 8.69. The van der Waals surface area contributed by atoms with Gasteiger partial charge in [-0.25, -0.2) is 0 Å². The quantitative estimate of drug-likeness (QED) is 0.329. The van der Waals surface area contributed by atoms with Crippen LogP contribution in [0.3, 0.4) is 0 Å². The minimum atomic E-state index is 0.269. The zero-order valence-corrected chi connectivity index (χ0v) is 23.9. The number of rotatable bonds is 8. The number of phenols is 1. The summed E-state index contributed by atoms with van der Waals surface area (Å²) in [7, 11) is 0. The molecule has 0 bridgehead atoms. The molecule has 6 rings (SSSR count). The van der Waals surface area contributed by atoms with Crippen LogP contribution < -0.4 is 14.5 Å². The van der Waals surface area contributed by atoms with Gasteiger partial charge in [-0.05, 0) is 55.8 Å². The van der Waals surface area contributed by atoms with Crippen molar-refractivity contribution in [2.75, 3.05) is 68.8 Å². The van der Waals surface area contributed by atoms with Gasteiger partial charge in [0.1, 0.15) is 24.5 Å². The number of fused-ring (bicyclic) bond motifs is 2. The van der Waals surface area contributed by atoms with E-state index in [1.807, 2.05) is 36.5 Å². The molecule has 0 unspecified atom stereocenters. The van der Waals surface area contributed by atoms with E-state index in [1.165, 1.54) is 18.4 Å². The Morgan fingerprint density at radius 1 is 1.00 bits per heavy atom. The van der Waals surface area contributed by atoms with Crippen molar-refractivity contribution in [3.63, 3.8) is 0 Å². The van der Waals surface area contributed by atoms with Crippen LogP contribution in [0, 0.1) is 5.92 Å². The molecule has 2 saturated heterocycles. The van der Waals surface area contributed by atoms with Crippen molar-refractivity contribution in [3.8, 4) is 11.8 Å². The minimum absolute atomic E-state index is 0.269. The highest BCUT2D eigenvalue weighted by Crippen LogP contribution is 2.36. The lowest BCUT2D eigenvalue weighted by Crippen LogP contribution is -2.45. The van der Waals surface area contributed by atoms with Crippen molar-refractivity contribution in [3.05, 3.63) is 59.9 Å². The Kier molecular flexibility index (Phi) is 8.23. The molecule has 3 aliphatic rings. The number of ether oxygens (including phenoxy) is 1. The van der Waals surface area contributed by atoms with Gasteiger partial charge in [-0.15, -0.1) is 0 Å². The second-order valence-electron chi connectivity index (χ2n) is 11.5. The second kappa shape index (κ2) is 12.3. The maximum Gasteiger partial charge on any atom is 0.318 e. The summed E-state index contributed by atoms with van der Waals surface area (Å²) in [5.41, 5.74) is 3.18. The molecule has 41 heavy (non-hydrogen) atoms. The maximum absolute atomic E-state index is 10.8. The van der Waals surface area contributed by atoms with Gasteiger partial charge in [-0.2, -0.15) is 9.97 Å². The summed E-state index contributed by atoms with van der Waals surface area (Å²) in [6, 6.07) is 12.3. The predicted octanol–water partition coefficient (Wildman–Crippen LogP) is 3.84. The first-order valence-electron chi connectivity index (χ1n) is 14.9. The lowest BCUT2D eigenvalue weighted by molar-refractivity contribution is -0.104. The smallest absolute Gasteiger partial charge is 0.318 e. The number of anilines is 2. The maximum atomic E-state index is 10.8. The first-order chi connectivity index (χ1) is 20.1. The molecule has 216 valence electrons. The largest absolute Gasteiger partial charge is 0.508 e. The number of nitrogens with zero attached hydrogens (tertiary/aromatic N) is 6. The number of carbonyl (C=O) groups is 1. The summed E-state index contributed by atoms with van der Waals surface area (Å²) in [4.78, 5) is 30.0. The molecule has 1 aromatic heterocycles. The Balaban J connectivity index is 1.25.